The molecule has 0 bridgehead atoms. The highest BCUT2D eigenvalue weighted by Crippen LogP contribution is 2.22. The molecule has 54 valence electrons. The molecule has 1 aliphatic rings. The number of hydrogen-bond acceptors (Lipinski definition) is 0. The van der Waals surface area contributed by atoms with Gasteiger partial charge in [-0.15, -0.1) is 0 Å². The first kappa shape index (κ1) is 7.62. The van der Waals surface area contributed by atoms with Crippen LogP contribution in [0.4, 0.5) is 0 Å². The zero-order valence-corrected chi connectivity index (χ0v) is 7.07. The van der Waals surface area contributed by atoms with Gasteiger partial charge in [-0.2, -0.15) is 0 Å². The third-order valence-electron chi connectivity index (χ3n) is 1.80. The molecule has 1 rings (SSSR count). The van der Waals surface area contributed by atoms with Crippen LogP contribution in [-0.4, -0.2) is 0 Å². The van der Waals surface area contributed by atoms with E-state index in [1.165, 1.54) is 11.1 Å². The minimum absolute atomic E-state index is 0.867. The van der Waals surface area contributed by atoms with Gasteiger partial charge < -0.3 is 0 Å². The zero-order valence-electron chi connectivity index (χ0n) is 6.32. The minimum atomic E-state index is 0.867. The van der Waals surface area contributed by atoms with Crippen LogP contribution in [-0.2, 0) is 0 Å². The van der Waals surface area contributed by atoms with Gasteiger partial charge in [0.2, 0.25) is 0 Å². The fourth-order valence-corrected chi connectivity index (χ4v) is 1.11. The lowest BCUT2D eigenvalue weighted by Crippen LogP contribution is -1.80. The zero-order chi connectivity index (χ0) is 7.56. The molecule has 0 radical (unpaired) electrons. The second-order valence-corrected chi connectivity index (χ2v) is 2.96. The van der Waals surface area contributed by atoms with E-state index < -0.39 is 0 Å². The summed E-state index contributed by atoms with van der Waals surface area (Å²) >= 11 is 5.92. The van der Waals surface area contributed by atoms with Crippen LogP contribution in [0.3, 0.4) is 0 Å². The smallest absolute Gasteiger partial charge is 0.0434 e. The molecule has 0 atom stereocenters. The minimum Gasteiger partial charge on any atom is -0.0841 e. The molecule has 0 nitrogen and oxygen atoms in total. The van der Waals surface area contributed by atoms with Crippen molar-refractivity contribution in [2.45, 2.75) is 20.3 Å². The standard InChI is InChI=1S/C9H11Cl/c1-7-5-3-4-6-9(10)8(7)2/h3-4,6H,5H2,1-2H3. The van der Waals surface area contributed by atoms with Crippen molar-refractivity contribution in [2.75, 3.05) is 0 Å². The van der Waals surface area contributed by atoms with Gasteiger partial charge >= 0.3 is 0 Å². The molecule has 0 unspecified atom stereocenters. The van der Waals surface area contributed by atoms with Crippen LogP contribution in [0, 0.1) is 0 Å². The summed E-state index contributed by atoms with van der Waals surface area (Å²) in [6, 6.07) is 0. The number of halogens is 1. The molecule has 0 aromatic rings. The number of hydrogen-bond donors (Lipinski definition) is 0. The van der Waals surface area contributed by atoms with E-state index in [4.69, 9.17) is 11.6 Å². The molecule has 0 aliphatic heterocycles. The molecule has 0 fully saturated rings. The average Bonchev–Trinajstić information content (AvgIpc) is 2.04. The van der Waals surface area contributed by atoms with E-state index in [1.54, 1.807) is 0 Å². The first-order chi connectivity index (χ1) is 4.72. The molecule has 0 amide bonds. The normalized spacial score (nSPS) is 18.9. The van der Waals surface area contributed by atoms with Gasteiger partial charge in [0.1, 0.15) is 0 Å². The molecule has 10 heavy (non-hydrogen) atoms. The predicted molar refractivity (Wildman–Crippen MR) is 46.1 cm³/mol. The molecular formula is C9H11Cl. The van der Waals surface area contributed by atoms with Crippen molar-refractivity contribution < 1.29 is 0 Å². The SMILES string of the molecule is CC1=C(C)C(Cl)=CC=CC1. The van der Waals surface area contributed by atoms with Crippen molar-refractivity contribution >= 4 is 11.6 Å². The van der Waals surface area contributed by atoms with Crippen LogP contribution in [0.15, 0.2) is 34.4 Å². The summed E-state index contributed by atoms with van der Waals surface area (Å²) in [5, 5.41) is 0.867. The van der Waals surface area contributed by atoms with Crippen LogP contribution in [0.5, 0.6) is 0 Å². The summed E-state index contributed by atoms with van der Waals surface area (Å²) in [6.45, 7) is 4.17. The topological polar surface area (TPSA) is 0 Å². The number of rotatable bonds is 0. The summed E-state index contributed by atoms with van der Waals surface area (Å²) in [6.07, 6.45) is 7.09. The van der Waals surface area contributed by atoms with Crippen molar-refractivity contribution in [2.24, 2.45) is 0 Å². The predicted octanol–water partition coefficient (Wildman–Crippen LogP) is 3.41. The maximum atomic E-state index is 5.92. The first-order valence-electron chi connectivity index (χ1n) is 3.41. The van der Waals surface area contributed by atoms with E-state index in [0.29, 0.717) is 0 Å². The van der Waals surface area contributed by atoms with E-state index in [0.717, 1.165) is 11.5 Å². The molecule has 0 aromatic carbocycles. The Hall–Kier alpha value is -0.490. The van der Waals surface area contributed by atoms with Crippen molar-refractivity contribution in [1.29, 1.82) is 0 Å². The third-order valence-corrected chi connectivity index (χ3v) is 2.21. The van der Waals surface area contributed by atoms with Gasteiger partial charge in [-0.1, -0.05) is 29.3 Å². The van der Waals surface area contributed by atoms with Crippen LogP contribution in [0.2, 0.25) is 0 Å². The summed E-state index contributed by atoms with van der Waals surface area (Å²) in [4.78, 5) is 0. The fourth-order valence-electron chi connectivity index (χ4n) is 0.879. The average molecular weight is 155 g/mol. The maximum absolute atomic E-state index is 5.92. The van der Waals surface area contributed by atoms with E-state index in [-0.39, 0.29) is 0 Å². The van der Waals surface area contributed by atoms with E-state index in [2.05, 4.69) is 19.9 Å². The van der Waals surface area contributed by atoms with Gasteiger partial charge in [0.05, 0.1) is 0 Å². The van der Waals surface area contributed by atoms with Crippen molar-refractivity contribution in [3.63, 3.8) is 0 Å². The molecule has 0 aromatic heterocycles. The first-order valence-corrected chi connectivity index (χ1v) is 3.78. The highest BCUT2D eigenvalue weighted by molar-refractivity contribution is 6.32. The molecule has 0 spiro atoms. The Bertz CT molecular complexity index is 213. The Morgan fingerprint density at radius 2 is 2.10 bits per heavy atom. The summed E-state index contributed by atoms with van der Waals surface area (Å²) in [5.74, 6) is 0. The maximum Gasteiger partial charge on any atom is 0.0434 e. The highest BCUT2D eigenvalue weighted by atomic mass is 35.5. The van der Waals surface area contributed by atoms with Gasteiger partial charge in [0.25, 0.3) is 0 Å². The summed E-state index contributed by atoms with van der Waals surface area (Å²) in [5.41, 5.74) is 2.57. The monoisotopic (exact) mass is 154 g/mol. The van der Waals surface area contributed by atoms with Crippen molar-refractivity contribution in [3.8, 4) is 0 Å². The summed E-state index contributed by atoms with van der Waals surface area (Å²) < 4.78 is 0. The lowest BCUT2D eigenvalue weighted by atomic mass is 10.1. The van der Waals surface area contributed by atoms with Gasteiger partial charge in [-0.25, -0.2) is 0 Å². The van der Waals surface area contributed by atoms with Crippen LogP contribution in [0.1, 0.15) is 20.3 Å². The second-order valence-electron chi connectivity index (χ2n) is 2.55. The van der Waals surface area contributed by atoms with E-state index in [1.807, 2.05) is 12.2 Å². The quantitative estimate of drug-likeness (QED) is 0.502. The molecule has 0 saturated carbocycles. The van der Waals surface area contributed by atoms with Crippen LogP contribution < -0.4 is 0 Å². The lowest BCUT2D eigenvalue weighted by molar-refractivity contribution is 1.17. The van der Waals surface area contributed by atoms with Gasteiger partial charge in [-0.3, -0.25) is 0 Å². The molecule has 1 aliphatic carbocycles. The van der Waals surface area contributed by atoms with Gasteiger partial charge in [0.15, 0.2) is 0 Å². The number of allylic oxidation sites excluding steroid dienone is 6. The lowest BCUT2D eigenvalue weighted by Gasteiger charge is -2.00. The Morgan fingerprint density at radius 3 is 2.80 bits per heavy atom. The molecule has 1 heteroatoms. The second kappa shape index (κ2) is 3.07. The Morgan fingerprint density at radius 1 is 1.40 bits per heavy atom. The van der Waals surface area contributed by atoms with Crippen molar-refractivity contribution in [1.82, 2.24) is 0 Å². The molecule has 0 heterocycles. The van der Waals surface area contributed by atoms with Gasteiger partial charge in [-0.05, 0) is 31.9 Å². The highest BCUT2D eigenvalue weighted by Gasteiger charge is 2.00. The molecular weight excluding hydrogens is 144 g/mol. The Labute approximate surface area is 66.9 Å². The molecule has 0 N–H and O–H groups in total. The largest absolute Gasteiger partial charge is 0.0841 e. The molecule has 0 saturated heterocycles. The van der Waals surface area contributed by atoms with Crippen molar-refractivity contribution in [3.05, 3.63) is 34.4 Å². The third kappa shape index (κ3) is 1.51. The van der Waals surface area contributed by atoms with E-state index >= 15 is 0 Å². The van der Waals surface area contributed by atoms with Crippen LogP contribution in [0.25, 0.3) is 0 Å². The van der Waals surface area contributed by atoms with Gasteiger partial charge in [0, 0.05) is 5.03 Å². The Balaban J connectivity index is 3.00. The fraction of sp³-hybridized carbons (Fsp3) is 0.333. The summed E-state index contributed by atoms with van der Waals surface area (Å²) in [7, 11) is 0. The van der Waals surface area contributed by atoms with E-state index in [9.17, 15) is 0 Å². The van der Waals surface area contributed by atoms with Crippen LogP contribution >= 0.6 is 11.6 Å². The Kier molecular flexibility index (Phi) is 2.34.